The van der Waals surface area contributed by atoms with E-state index in [1.54, 1.807) is 0 Å². The van der Waals surface area contributed by atoms with E-state index in [2.05, 4.69) is 24.3 Å². The predicted octanol–water partition coefficient (Wildman–Crippen LogP) is 2.20. The first-order chi connectivity index (χ1) is 6.90. The van der Waals surface area contributed by atoms with Crippen molar-refractivity contribution in [2.75, 3.05) is 0 Å². The lowest BCUT2D eigenvalue weighted by Gasteiger charge is -2.22. The van der Waals surface area contributed by atoms with E-state index in [-0.39, 0.29) is 6.10 Å². The van der Waals surface area contributed by atoms with Crippen molar-refractivity contribution >= 4 is 6.47 Å². The highest BCUT2D eigenvalue weighted by molar-refractivity contribution is 5.45. The van der Waals surface area contributed by atoms with Crippen LogP contribution in [0.2, 0.25) is 0 Å². The van der Waals surface area contributed by atoms with E-state index in [1.807, 2.05) is 0 Å². The first-order valence-corrected chi connectivity index (χ1v) is 5.08. The molecule has 2 nitrogen and oxygen atoms in total. The zero-order valence-corrected chi connectivity index (χ0v) is 7.85. The lowest BCUT2D eigenvalue weighted by molar-refractivity contribution is -0.134. The Morgan fingerprint density at radius 2 is 2.00 bits per heavy atom. The van der Waals surface area contributed by atoms with Gasteiger partial charge < -0.3 is 4.74 Å². The molecular weight excluding hydrogens is 176 g/mol. The lowest BCUT2D eigenvalue weighted by Crippen LogP contribution is -2.19. The highest BCUT2D eigenvalue weighted by Gasteiger charge is 2.44. The minimum Gasteiger partial charge on any atom is -0.464 e. The fourth-order valence-corrected chi connectivity index (χ4v) is 3.02. The van der Waals surface area contributed by atoms with E-state index >= 15 is 0 Å². The quantitative estimate of drug-likeness (QED) is 0.665. The van der Waals surface area contributed by atoms with Crippen LogP contribution in [0.25, 0.3) is 0 Å². The molecule has 0 spiro atoms. The Hall–Kier alpha value is -1.31. The number of hydrogen-bond donors (Lipinski definition) is 0. The van der Waals surface area contributed by atoms with E-state index in [9.17, 15) is 4.79 Å². The molecule has 2 aliphatic carbocycles. The summed E-state index contributed by atoms with van der Waals surface area (Å²) >= 11 is 0. The van der Waals surface area contributed by atoms with Crippen LogP contribution in [0.3, 0.4) is 0 Å². The van der Waals surface area contributed by atoms with Crippen LogP contribution in [0.5, 0.6) is 0 Å². The molecule has 0 heterocycles. The molecule has 2 aliphatic rings. The summed E-state index contributed by atoms with van der Waals surface area (Å²) < 4.78 is 5.11. The largest absolute Gasteiger partial charge is 0.464 e. The molecule has 0 saturated heterocycles. The van der Waals surface area contributed by atoms with Crippen LogP contribution in [-0.2, 0) is 9.53 Å². The van der Waals surface area contributed by atoms with Crippen molar-refractivity contribution in [3.8, 4) is 0 Å². The molecule has 2 bridgehead atoms. The van der Waals surface area contributed by atoms with Crippen molar-refractivity contribution in [3.05, 3.63) is 35.4 Å². The summed E-state index contributed by atoms with van der Waals surface area (Å²) in [5.41, 5.74) is 2.87. The van der Waals surface area contributed by atoms with Gasteiger partial charge in [-0.2, -0.15) is 0 Å². The summed E-state index contributed by atoms with van der Waals surface area (Å²) in [7, 11) is 0. The van der Waals surface area contributed by atoms with Gasteiger partial charge in [-0.05, 0) is 29.9 Å². The summed E-state index contributed by atoms with van der Waals surface area (Å²) in [6.07, 6.45) is 2.31. The summed E-state index contributed by atoms with van der Waals surface area (Å²) in [5.74, 6) is 1.09. The van der Waals surface area contributed by atoms with Crippen LogP contribution < -0.4 is 0 Å². The van der Waals surface area contributed by atoms with Crippen molar-refractivity contribution in [3.63, 3.8) is 0 Å². The molecule has 0 amide bonds. The topological polar surface area (TPSA) is 26.3 Å². The van der Waals surface area contributed by atoms with E-state index in [0.717, 1.165) is 12.8 Å². The van der Waals surface area contributed by atoms with Crippen molar-refractivity contribution in [2.45, 2.75) is 30.8 Å². The van der Waals surface area contributed by atoms with Gasteiger partial charge >= 0.3 is 0 Å². The van der Waals surface area contributed by atoms with Gasteiger partial charge in [0.15, 0.2) is 0 Å². The molecule has 72 valence electrons. The Bertz CT molecular complexity index is 372. The van der Waals surface area contributed by atoms with E-state index in [0.29, 0.717) is 18.3 Å². The van der Waals surface area contributed by atoms with E-state index in [1.165, 1.54) is 11.1 Å². The first kappa shape index (κ1) is 8.04. The van der Waals surface area contributed by atoms with Gasteiger partial charge in [-0.3, -0.25) is 4.79 Å². The highest BCUT2D eigenvalue weighted by atomic mass is 16.5. The van der Waals surface area contributed by atoms with Crippen molar-refractivity contribution in [1.29, 1.82) is 0 Å². The molecule has 3 atom stereocenters. The third kappa shape index (κ3) is 0.939. The maximum atomic E-state index is 10.3. The van der Waals surface area contributed by atoms with Crippen molar-refractivity contribution in [2.24, 2.45) is 0 Å². The second-order valence-electron chi connectivity index (χ2n) is 4.17. The third-order valence-electron chi connectivity index (χ3n) is 3.57. The smallest absolute Gasteiger partial charge is 0.293 e. The number of benzene rings is 1. The molecule has 0 aliphatic heterocycles. The fraction of sp³-hybridized carbons (Fsp3) is 0.417. The second-order valence-corrected chi connectivity index (χ2v) is 4.17. The summed E-state index contributed by atoms with van der Waals surface area (Å²) in [6.45, 7) is 0.591. The van der Waals surface area contributed by atoms with E-state index in [4.69, 9.17) is 4.74 Å². The minimum atomic E-state index is 0.132. The van der Waals surface area contributed by atoms with Gasteiger partial charge in [0.2, 0.25) is 0 Å². The van der Waals surface area contributed by atoms with Gasteiger partial charge in [-0.1, -0.05) is 24.3 Å². The van der Waals surface area contributed by atoms with Crippen LogP contribution in [-0.4, -0.2) is 12.6 Å². The number of carbonyl (C=O) groups excluding carboxylic acids is 1. The Kier molecular flexibility index (Phi) is 1.63. The van der Waals surface area contributed by atoms with Crippen LogP contribution >= 0.6 is 0 Å². The number of hydrogen-bond acceptors (Lipinski definition) is 2. The molecule has 0 radical (unpaired) electrons. The molecule has 3 rings (SSSR count). The van der Waals surface area contributed by atoms with Crippen molar-refractivity contribution < 1.29 is 9.53 Å². The van der Waals surface area contributed by atoms with Gasteiger partial charge in [0.05, 0.1) is 0 Å². The lowest BCUT2D eigenvalue weighted by atomic mass is 9.90. The Balaban J connectivity index is 1.98. The summed E-state index contributed by atoms with van der Waals surface area (Å²) in [4.78, 5) is 10.3. The van der Waals surface area contributed by atoms with Gasteiger partial charge in [0.25, 0.3) is 6.47 Å². The van der Waals surface area contributed by atoms with E-state index < -0.39 is 0 Å². The number of rotatable bonds is 2. The maximum Gasteiger partial charge on any atom is 0.293 e. The summed E-state index contributed by atoms with van der Waals surface area (Å²) in [5, 5.41) is 0. The van der Waals surface area contributed by atoms with Gasteiger partial charge in [-0.15, -0.1) is 0 Å². The van der Waals surface area contributed by atoms with Crippen LogP contribution in [0.4, 0.5) is 0 Å². The summed E-state index contributed by atoms with van der Waals surface area (Å²) in [6, 6.07) is 8.53. The van der Waals surface area contributed by atoms with Crippen LogP contribution in [0.1, 0.15) is 35.8 Å². The number of carbonyl (C=O) groups is 1. The van der Waals surface area contributed by atoms with Gasteiger partial charge in [-0.25, -0.2) is 0 Å². The monoisotopic (exact) mass is 188 g/mol. The molecule has 2 heteroatoms. The molecule has 0 aromatic heterocycles. The third-order valence-corrected chi connectivity index (χ3v) is 3.57. The SMILES string of the molecule is O=CO[C@@H]1C[C@@H]2C[C@@H]1c1ccccc12. The maximum absolute atomic E-state index is 10.3. The molecule has 1 saturated carbocycles. The Morgan fingerprint density at radius 1 is 1.21 bits per heavy atom. The van der Waals surface area contributed by atoms with Crippen LogP contribution in [0, 0.1) is 0 Å². The number of ether oxygens (including phenoxy) is 1. The Morgan fingerprint density at radius 3 is 2.79 bits per heavy atom. The molecule has 14 heavy (non-hydrogen) atoms. The molecular formula is C12H12O2. The minimum absolute atomic E-state index is 0.132. The molecule has 1 aromatic carbocycles. The second kappa shape index (κ2) is 2.84. The fourth-order valence-electron chi connectivity index (χ4n) is 3.02. The highest BCUT2D eigenvalue weighted by Crippen LogP contribution is 2.53. The zero-order valence-electron chi connectivity index (χ0n) is 7.85. The van der Waals surface area contributed by atoms with Crippen molar-refractivity contribution in [1.82, 2.24) is 0 Å². The van der Waals surface area contributed by atoms with Gasteiger partial charge in [0, 0.05) is 5.92 Å². The van der Waals surface area contributed by atoms with Crippen LogP contribution in [0.15, 0.2) is 24.3 Å². The van der Waals surface area contributed by atoms with Gasteiger partial charge in [0.1, 0.15) is 6.10 Å². The zero-order chi connectivity index (χ0) is 9.54. The number of fused-ring (bicyclic) bond motifs is 5. The molecule has 1 aromatic rings. The normalized spacial score (nSPS) is 32.7. The molecule has 1 fully saturated rings. The average Bonchev–Trinajstić information content (AvgIpc) is 2.77. The average molecular weight is 188 g/mol. The first-order valence-electron chi connectivity index (χ1n) is 5.08. The predicted molar refractivity (Wildman–Crippen MR) is 52.1 cm³/mol. The standard InChI is InChI=1S/C12H12O2/c13-7-14-12-6-8-5-11(12)10-4-2-1-3-9(8)10/h1-4,7-8,11-12H,5-6H2/t8-,11+,12+/m0/s1. The molecule has 0 unspecified atom stereocenters. The molecule has 0 N–H and O–H groups in total. The Labute approximate surface area is 82.9 Å².